The SMILES string of the molecule is O=C(NCCCSc1ccccc1)c1nn(-c2ccccc2)c2c1CCC2. The Morgan fingerprint density at radius 3 is 2.56 bits per heavy atom. The fourth-order valence-electron chi connectivity index (χ4n) is 3.47. The zero-order chi connectivity index (χ0) is 18.5. The molecule has 4 nitrogen and oxygen atoms in total. The van der Waals surface area contributed by atoms with Crippen LogP contribution in [-0.2, 0) is 12.8 Å². The van der Waals surface area contributed by atoms with Gasteiger partial charge in [-0.25, -0.2) is 4.68 Å². The van der Waals surface area contributed by atoms with Gasteiger partial charge in [-0.1, -0.05) is 36.4 Å². The van der Waals surface area contributed by atoms with Crippen LogP contribution >= 0.6 is 11.8 Å². The summed E-state index contributed by atoms with van der Waals surface area (Å²) in [5.74, 6) is 0.938. The Morgan fingerprint density at radius 1 is 1.04 bits per heavy atom. The first-order valence-electron chi connectivity index (χ1n) is 9.45. The van der Waals surface area contributed by atoms with Gasteiger partial charge in [-0.05, 0) is 55.7 Å². The molecule has 1 aliphatic carbocycles. The zero-order valence-electron chi connectivity index (χ0n) is 15.2. The molecule has 0 saturated carbocycles. The first-order chi connectivity index (χ1) is 13.3. The van der Waals surface area contributed by atoms with E-state index in [4.69, 9.17) is 0 Å². The molecule has 4 rings (SSSR count). The summed E-state index contributed by atoms with van der Waals surface area (Å²) in [4.78, 5) is 14.0. The van der Waals surface area contributed by atoms with Crippen molar-refractivity contribution >= 4 is 17.7 Å². The fourth-order valence-corrected chi connectivity index (χ4v) is 4.34. The molecule has 0 aliphatic heterocycles. The number of fused-ring (bicyclic) bond motifs is 1. The second-order valence-corrected chi connectivity index (χ2v) is 7.81. The van der Waals surface area contributed by atoms with E-state index in [1.807, 2.05) is 65.0 Å². The number of para-hydroxylation sites is 1. The fraction of sp³-hybridized carbons (Fsp3) is 0.273. The van der Waals surface area contributed by atoms with Crippen molar-refractivity contribution in [2.75, 3.05) is 12.3 Å². The summed E-state index contributed by atoms with van der Waals surface area (Å²) in [6.45, 7) is 0.672. The molecule has 0 atom stereocenters. The molecule has 1 amide bonds. The molecule has 0 bridgehead atoms. The molecule has 138 valence electrons. The summed E-state index contributed by atoms with van der Waals surface area (Å²) in [6.07, 6.45) is 3.95. The van der Waals surface area contributed by atoms with E-state index in [1.165, 1.54) is 10.6 Å². The number of nitrogens with one attached hydrogen (secondary N) is 1. The number of hydrogen-bond acceptors (Lipinski definition) is 3. The van der Waals surface area contributed by atoms with Gasteiger partial charge in [0.05, 0.1) is 5.69 Å². The van der Waals surface area contributed by atoms with E-state index >= 15 is 0 Å². The lowest BCUT2D eigenvalue weighted by atomic mass is 10.2. The third kappa shape index (κ3) is 4.08. The number of thioether (sulfide) groups is 1. The van der Waals surface area contributed by atoms with Gasteiger partial charge in [-0.15, -0.1) is 11.8 Å². The average Bonchev–Trinajstić information content (AvgIpc) is 3.32. The number of hydrogen-bond donors (Lipinski definition) is 1. The molecule has 0 fully saturated rings. The predicted molar refractivity (Wildman–Crippen MR) is 110 cm³/mol. The molecule has 1 aliphatic rings. The molecule has 1 heterocycles. The van der Waals surface area contributed by atoms with E-state index in [1.54, 1.807) is 0 Å². The lowest BCUT2D eigenvalue weighted by molar-refractivity contribution is 0.0947. The standard InChI is InChI=1S/C22H23N3OS/c26-22(23-15-8-16-27-18-11-5-2-6-12-18)21-19-13-7-14-20(19)25(24-21)17-9-3-1-4-10-17/h1-6,9-12H,7-8,13-16H2,(H,23,26). The van der Waals surface area contributed by atoms with Crippen molar-refractivity contribution in [2.24, 2.45) is 0 Å². The van der Waals surface area contributed by atoms with Crippen LogP contribution in [0.2, 0.25) is 0 Å². The normalized spacial score (nSPS) is 12.7. The lowest BCUT2D eigenvalue weighted by Crippen LogP contribution is -2.26. The zero-order valence-corrected chi connectivity index (χ0v) is 16.0. The molecule has 0 saturated heterocycles. The Kier molecular flexibility index (Phi) is 5.58. The molecule has 1 N–H and O–H groups in total. The van der Waals surface area contributed by atoms with E-state index in [-0.39, 0.29) is 5.91 Å². The van der Waals surface area contributed by atoms with Crippen LogP contribution in [0.25, 0.3) is 5.69 Å². The highest BCUT2D eigenvalue weighted by molar-refractivity contribution is 7.99. The summed E-state index contributed by atoms with van der Waals surface area (Å²) in [5, 5.41) is 7.70. The smallest absolute Gasteiger partial charge is 0.272 e. The maximum Gasteiger partial charge on any atom is 0.272 e. The summed E-state index contributed by atoms with van der Waals surface area (Å²) < 4.78 is 1.95. The maximum absolute atomic E-state index is 12.7. The van der Waals surface area contributed by atoms with Gasteiger partial charge in [0.1, 0.15) is 0 Å². The number of carbonyl (C=O) groups excluding carboxylic acids is 1. The summed E-state index contributed by atoms with van der Waals surface area (Å²) in [6, 6.07) is 20.4. The van der Waals surface area contributed by atoms with Gasteiger partial charge in [0.25, 0.3) is 5.91 Å². The Bertz CT molecular complexity index is 906. The Balaban J connectivity index is 1.36. The monoisotopic (exact) mass is 377 g/mol. The number of carbonyl (C=O) groups is 1. The summed E-state index contributed by atoms with van der Waals surface area (Å²) >= 11 is 1.82. The predicted octanol–water partition coefficient (Wildman–Crippen LogP) is 4.27. The van der Waals surface area contributed by atoms with Crippen molar-refractivity contribution in [1.82, 2.24) is 15.1 Å². The number of nitrogens with zero attached hydrogens (tertiary/aromatic N) is 2. The topological polar surface area (TPSA) is 46.9 Å². The van der Waals surface area contributed by atoms with Crippen molar-refractivity contribution in [3.8, 4) is 5.69 Å². The second kappa shape index (κ2) is 8.44. The Morgan fingerprint density at radius 2 is 1.78 bits per heavy atom. The van der Waals surface area contributed by atoms with Crippen molar-refractivity contribution in [3.63, 3.8) is 0 Å². The van der Waals surface area contributed by atoms with Crippen molar-refractivity contribution in [3.05, 3.63) is 77.6 Å². The highest BCUT2D eigenvalue weighted by Gasteiger charge is 2.26. The molecule has 0 radical (unpaired) electrons. The molecule has 2 aromatic carbocycles. The van der Waals surface area contributed by atoms with Gasteiger partial charge in [0.2, 0.25) is 0 Å². The van der Waals surface area contributed by atoms with Crippen LogP contribution < -0.4 is 5.32 Å². The molecular formula is C22H23N3OS. The molecule has 5 heteroatoms. The van der Waals surface area contributed by atoms with Gasteiger partial charge < -0.3 is 5.32 Å². The molecule has 0 spiro atoms. The summed E-state index contributed by atoms with van der Waals surface area (Å²) in [5.41, 5.74) is 3.93. The Hall–Kier alpha value is -2.53. The van der Waals surface area contributed by atoms with E-state index in [2.05, 4.69) is 22.5 Å². The first kappa shape index (κ1) is 17.9. The molecule has 27 heavy (non-hydrogen) atoms. The number of rotatable bonds is 7. The third-order valence-electron chi connectivity index (χ3n) is 4.76. The van der Waals surface area contributed by atoms with Crippen molar-refractivity contribution < 1.29 is 4.79 Å². The minimum atomic E-state index is -0.0486. The van der Waals surface area contributed by atoms with Crippen LogP contribution in [0.4, 0.5) is 0 Å². The van der Waals surface area contributed by atoms with E-state index in [0.717, 1.165) is 42.7 Å². The van der Waals surface area contributed by atoms with Gasteiger partial charge in [0, 0.05) is 22.7 Å². The molecule has 3 aromatic rings. The van der Waals surface area contributed by atoms with Crippen LogP contribution in [0.1, 0.15) is 34.6 Å². The highest BCUT2D eigenvalue weighted by Crippen LogP contribution is 2.27. The van der Waals surface area contributed by atoms with Gasteiger partial charge in [0.15, 0.2) is 5.69 Å². The minimum absolute atomic E-state index is 0.0486. The van der Waals surface area contributed by atoms with Crippen LogP contribution in [0.5, 0.6) is 0 Å². The first-order valence-corrected chi connectivity index (χ1v) is 10.4. The highest BCUT2D eigenvalue weighted by atomic mass is 32.2. The number of aromatic nitrogens is 2. The van der Waals surface area contributed by atoms with Gasteiger partial charge in [-0.2, -0.15) is 5.10 Å². The molecular weight excluding hydrogens is 354 g/mol. The third-order valence-corrected chi connectivity index (χ3v) is 5.86. The second-order valence-electron chi connectivity index (χ2n) is 6.65. The van der Waals surface area contributed by atoms with Crippen molar-refractivity contribution in [1.29, 1.82) is 0 Å². The average molecular weight is 378 g/mol. The van der Waals surface area contributed by atoms with Crippen LogP contribution in [0.15, 0.2) is 65.6 Å². The Labute approximate surface area is 164 Å². The van der Waals surface area contributed by atoms with Crippen molar-refractivity contribution in [2.45, 2.75) is 30.6 Å². The molecule has 1 aromatic heterocycles. The maximum atomic E-state index is 12.7. The lowest BCUT2D eigenvalue weighted by Gasteiger charge is -2.05. The number of benzene rings is 2. The largest absolute Gasteiger partial charge is 0.351 e. The molecule has 0 unspecified atom stereocenters. The minimum Gasteiger partial charge on any atom is -0.351 e. The number of amides is 1. The van der Waals surface area contributed by atoms with E-state index < -0.39 is 0 Å². The van der Waals surface area contributed by atoms with Gasteiger partial charge >= 0.3 is 0 Å². The van der Waals surface area contributed by atoms with Gasteiger partial charge in [-0.3, -0.25) is 4.79 Å². The van der Waals surface area contributed by atoms with E-state index in [0.29, 0.717) is 12.2 Å². The van der Waals surface area contributed by atoms with Crippen LogP contribution in [0, 0.1) is 0 Å². The van der Waals surface area contributed by atoms with E-state index in [9.17, 15) is 4.79 Å². The van der Waals surface area contributed by atoms with Crippen LogP contribution in [-0.4, -0.2) is 28.0 Å². The quantitative estimate of drug-likeness (QED) is 0.494. The summed E-state index contributed by atoms with van der Waals surface area (Å²) in [7, 11) is 0. The van der Waals surface area contributed by atoms with Crippen LogP contribution in [0.3, 0.4) is 0 Å².